The molecule has 1 saturated carbocycles. The number of nitrogens with zero attached hydrogens (tertiary/aromatic N) is 2. The van der Waals surface area contributed by atoms with E-state index in [1.807, 2.05) is 34.8 Å². The number of aliphatic hydroxyl groups is 1. The number of carbonyl (C=O) groups is 1. The first kappa shape index (κ1) is 13.5. The van der Waals surface area contributed by atoms with E-state index in [1.165, 1.54) is 0 Å². The molecule has 1 amide bonds. The van der Waals surface area contributed by atoms with Gasteiger partial charge in [0, 0.05) is 35.3 Å². The minimum Gasteiger partial charge on any atom is -0.392 e. The summed E-state index contributed by atoms with van der Waals surface area (Å²) in [7, 11) is 1.85. The van der Waals surface area contributed by atoms with Gasteiger partial charge in [-0.1, -0.05) is 17.7 Å². The Kier molecular flexibility index (Phi) is 3.44. The molecule has 0 unspecified atom stereocenters. The Morgan fingerprint density at radius 2 is 2.25 bits per heavy atom. The fraction of sp³-hybridized carbons (Fsp3) is 0.400. The number of hydrogen-bond acceptors (Lipinski definition) is 2. The molecule has 106 valence electrons. The number of aromatic nitrogens is 1. The van der Waals surface area contributed by atoms with Gasteiger partial charge in [0.2, 0.25) is 5.91 Å². The Morgan fingerprint density at radius 1 is 1.50 bits per heavy atom. The van der Waals surface area contributed by atoms with Crippen LogP contribution in [0.5, 0.6) is 0 Å². The number of amides is 1. The summed E-state index contributed by atoms with van der Waals surface area (Å²) in [6.07, 6.45) is 4.03. The maximum Gasteiger partial charge on any atom is 0.242 e. The van der Waals surface area contributed by atoms with Crippen molar-refractivity contribution in [2.75, 3.05) is 7.05 Å². The molecule has 0 radical (unpaired) electrons. The molecule has 1 heterocycles. The van der Waals surface area contributed by atoms with Gasteiger partial charge >= 0.3 is 0 Å². The summed E-state index contributed by atoms with van der Waals surface area (Å²) >= 11 is 6.03. The van der Waals surface area contributed by atoms with E-state index < -0.39 is 0 Å². The van der Waals surface area contributed by atoms with Crippen molar-refractivity contribution in [2.24, 2.45) is 0 Å². The topological polar surface area (TPSA) is 45.5 Å². The minimum atomic E-state index is -0.0439. The van der Waals surface area contributed by atoms with Gasteiger partial charge in [0.05, 0.1) is 12.1 Å². The van der Waals surface area contributed by atoms with Crippen LogP contribution >= 0.6 is 11.6 Å². The fourth-order valence-corrected chi connectivity index (χ4v) is 2.69. The van der Waals surface area contributed by atoms with Gasteiger partial charge in [0.25, 0.3) is 0 Å². The molecule has 0 aliphatic heterocycles. The predicted octanol–water partition coefficient (Wildman–Crippen LogP) is 2.41. The van der Waals surface area contributed by atoms with Gasteiger partial charge < -0.3 is 14.6 Å². The zero-order valence-electron chi connectivity index (χ0n) is 11.3. The molecular weight excluding hydrogens is 276 g/mol. The molecule has 0 spiro atoms. The fourth-order valence-electron chi connectivity index (χ4n) is 2.52. The van der Waals surface area contributed by atoms with Gasteiger partial charge in [-0.3, -0.25) is 4.79 Å². The smallest absolute Gasteiger partial charge is 0.242 e. The van der Waals surface area contributed by atoms with Crippen molar-refractivity contribution in [3.63, 3.8) is 0 Å². The van der Waals surface area contributed by atoms with Crippen LogP contribution in [0.1, 0.15) is 18.4 Å². The van der Waals surface area contributed by atoms with Gasteiger partial charge in [-0.15, -0.1) is 0 Å². The van der Waals surface area contributed by atoms with E-state index in [1.54, 1.807) is 6.07 Å². The van der Waals surface area contributed by atoms with Gasteiger partial charge in [0.1, 0.15) is 6.54 Å². The third kappa shape index (κ3) is 2.41. The molecule has 0 atom stereocenters. The molecule has 1 aliphatic rings. The standard InChI is InChI=1S/C15H17ClN2O2/c1-17(12-3-4-12)15(20)8-18-7-10(9-19)13-5-2-11(16)6-14(13)18/h2,5-7,12,19H,3-4,8-9H2,1H3. The molecule has 0 saturated heterocycles. The van der Waals surface area contributed by atoms with Crippen molar-refractivity contribution in [3.8, 4) is 0 Å². The Morgan fingerprint density at radius 3 is 2.90 bits per heavy atom. The average Bonchev–Trinajstić information content (AvgIpc) is 3.22. The highest BCUT2D eigenvalue weighted by molar-refractivity contribution is 6.31. The van der Waals surface area contributed by atoms with Crippen LogP contribution in [0, 0.1) is 0 Å². The van der Waals surface area contributed by atoms with Crippen molar-refractivity contribution in [2.45, 2.75) is 32.0 Å². The van der Waals surface area contributed by atoms with Gasteiger partial charge in [0.15, 0.2) is 0 Å². The number of likely N-dealkylation sites (N-methyl/N-ethyl adjacent to an activating group) is 1. The average molecular weight is 293 g/mol. The van der Waals surface area contributed by atoms with Crippen LogP contribution in [0.4, 0.5) is 0 Å². The molecule has 3 rings (SSSR count). The van der Waals surface area contributed by atoms with Crippen molar-refractivity contribution in [1.82, 2.24) is 9.47 Å². The summed E-state index contributed by atoms with van der Waals surface area (Å²) < 4.78 is 1.87. The van der Waals surface area contributed by atoms with Crippen molar-refractivity contribution in [3.05, 3.63) is 35.0 Å². The van der Waals surface area contributed by atoms with E-state index in [0.717, 1.165) is 29.3 Å². The molecule has 1 N–H and O–H groups in total. The summed E-state index contributed by atoms with van der Waals surface area (Å²) in [5.41, 5.74) is 1.71. The van der Waals surface area contributed by atoms with E-state index >= 15 is 0 Å². The SMILES string of the molecule is CN(C(=O)Cn1cc(CO)c2ccc(Cl)cc21)C1CC1. The van der Waals surface area contributed by atoms with Crippen LogP contribution in [0.25, 0.3) is 10.9 Å². The zero-order chi connectivity index (χ0) is 14.3. The van der Waals surface area contributed by atoms with Crippen LogP contribution < -0.4 is 0 Å². The first-order valence-electron chi connectivity index (χ1n) is 6.74. The number of aliphatic hydroxyl groups excluding tert-OH is 1. The highest BCUT2D eigenvalue weighted by Crippen LogP contribution is 2.27. The molecule has 1 aromatic carbocycles. The molecular formula is C15H17ClN2O2. The molecule has 0 bridgehead atoms. The molecule has 20 heavy (non-hydrogen) atoms. The number of rotatable bonds is 4. The lowest BCUT2D eigenvalue weighted by molar-refractivity contribution is -0.130. The summed E-state index contributed by atoms with van der Waals surface area (Å²) in [5, 5.41) is 11.0. The highest BCUT2D eigenvalue weighted by atomic mass is 35.5. The summed E-state index contributed by atoms with van der Waals surface area (Å²) in [6, 6.07) is 5.92. The molecule has 5 heteroatoms. The largest absolute Gasteiger partial charge is 0.392 e. The van der Waals surface area contributed by atoms with Crippen LogP contribution in [0.15, 0.2) is 24.4 Å². The van der Waals surface area contributed by atoms with E-state index in [9.17, 15) is 9.90 Å². The second-order valence-electron chi connectivity index (χ2n) is 5.34. The third-order valence-electron chi connectivity index (χ3n) is 3.89. The number of hydrogen-bond donors (Lipinski definition) is 1. The van der Waals surface area contributed by atoms with Gasteiger partial charge in [-0.05, 0) is 25.0 Å². The van der Waals surface area contributed by atoms with E-state index in [4.69, 9.17) is 11.6 Å². The summed E-state index contributed by atoms with van der Waals surface area (Å²) in [4.78, 5) is 14.0. The first-order chi connectivity index (χ1) is 9.60. The molecule has 2 aromatic rings. The van der Waals surface area contributed by atoms with E-state index in [0.29, 0.717) is 11.1 Å². The molecule has 1 fully saturated rings. The maximum atomic E-state index is 12.2. The van der Waals surface area contributed by atoms with Crippen LogP contribution in [0.3, 0.4) is 0 Å². The number of fused-ring (bicyclic) bond motifs is 1. The van der Waals surface area contributed by atoms with Gasteiger partial charge in [-0.2, -0.15) is 0 Å². The predicted molar refractivity (Wildman–Crippen MR) is 78.7 cm³/mol. The Balaban J connectivity index is 1.93. The second kappa shape index (κ2) is 5.11. The second-order valence-corrected chi connectivity index (χ2v) is 5.77. The van der Waals surface area contributed by atoms with Crippen LogP contribution in [-0.2, 0) is 17.9 Å². The third-order valence-corrected chi connectivity index (χ3v) is 4.13. The van der Waals surface area contributed by atoms with E-state index in [-0.39, 0.29) is 19.1 Å². The Bertz CT molecular complexity index is 661. The highest BCUT2D eigenvalue weighted by Gasteiger charge is 2.29. The van der Waals surface area contributed by atoms with Crippen LogP contribution in [0.2, 0.25) is 5.02 Å². The monoisotopic (exact) mass is 292 g/mol. The quantitative estimate of drug-likeness (QED) is 0.940. The first-order valence-corrected chi connectivity index (χ1v) is 7.11. The minimum absolute atomic E-state index is 0.0439. The summed E-state index contributed by atoms with van der Waals surface area (Å²) in [5.74, 6) is 0.0915. The molecule has 1 aromatic heterocycles. The number of halogens is 1. The van der Waals surface area contributed by atoms with Crippen molar-refractivity contribution >= 4 is 28.4 Å². The zero-order valence-corrected chi connectivity index (χ0v) is 12.1. The van der Waals surface area contributed by atoms with Gasteiger partial charge in [-0.25, -0.2) is 0 Å². The lowest BCUT2D eigenvalue weighted by Crippen LogP contribution is -2.31. The lowest BCUT2D eigenvalue weighted by atomic mass is 10.2. The Hall–Kier alpha value is -1.52. The van der Waals surface area contributed by atoms with Crippen molar-refractivity contribution in [1.29, 1.82) is 0 Å². The maximum absolute atomic E-state index is 12.2. The number of benzene rings is 1. The lowest BCUT2D eigenvalue weighted by Gasteiger charge is -2.17. The van der Waals surface area contributed by atoms with E-state index in [2.05, 4.69) is 0 Å². The Labute approximate surface area is 122 Å². The molecule has 4 nitrogen and oxygen atoms in total. The van der Waals surface area contributed by atoms with Crippen LogP contribution in [-0.4, -0.2) is 33.6 Å². The summed E-state index contributed by atoms with van der Waals surface area (Å²) in [6.45, 7) is 0.238. The van der Waals surface area contributed by atoms with Crippen molar-refractivity contribution < 1.29 is 9.90 Å². The molecule has 1 aliphatic carbocycles. The number of carbonyl (C=O) groups excluding carboxylic acids is 1. The normalized spacial score (nSPS) is 14.8.